The second kappa shape index (κ2) is 8.11. The molecule has 118 valence electrons. The predicted molar refractivity (Wildman–Crippen MR) is 90.9 cm³/mol. The Morgan fingerprint density at radius 3 is 2.22 bits per heavy atom. The predicted octanol–water partition coefficient (Wildman–Crippen LogP) is 2.76. The number of hydrogen-bond acceptors (Lipinski definition) is 3. The average Bonchev–Trinajstić information content (AvgIpc) is 2.59. The van der Waals surface area contributed by atoms with E-state index in [1.165, 1.54) is 0 Å². The zero-order valence-electron chi connectivity index (χ0n) is 13.6. The fourth-order valence-electron chi connectivity index (χ4n) is 2.25. The summed E-state index contributed by atoms with van der Waals surface area (Å²) in [6.45, 7) is 2.03. The van der Waals surface area contributed by atoms with Gasteiger partial charge < -0.3 is 9.80 Å². The van der Waals surface area contributed by atoms with Crippen LogP contribution in [0, 0.1) is 11.3 Å². The van der Waals surface area contributed by atoms with Crippen LogP contribution in [0.2, 0.25) is 0 Å². The maximum atomic E-state index is 12.8. The van der Waals surface area contributed by atoms with Crippen molar-refractivity contribution in [2.45, 2.75) is 6.54 Å². The molecule has 2 aromatic rings. The van der Waals surface area contributed by atoms with Crippen LogP contribution in [0.1, 0.15) is 21.5 Å². The van der Waals surface area contributed by atoms with Gasteiger partial charge in [0.25, 0.3) is 5.91 Å². The van der Waals surface area contributed by atoms with Gasteiger partial charge in [-0.2, -0.15) is 5.26 Å². The molecule has 0 aliphatic carbocycles. The number of nitriles is 1. The van der Waals surface area contributed by atoms with Gasteiger partial charge in [-0.3, -0.25) is 4.79 Å². The van der Waals surface area contributed by atoms with Crippen molar-refractivity contribution in [3.05, 3.63) is 71.3 Å². The molecule has 1 amide bonds. The van der Waals surface area contributed by atoms with E-state index in [9.17, 15) is 4.79 Å². The molecule has 0 N–H and O–H groups in total. The van der Waals surface area contributed by atoms with Crippen molar-refractivity contribution < 1.29 is 4.79 Å². The van der Waals surface area contributed by atoms with E-state index in [-0.39, 0.29) is 5.91 Å². The Morgan fingerprint density at radius 2 is 1.65 bits per heavy atom. The molecule has 0 fully saturated rings. The van der Waals surface area contributed by atoms with E-state index in [0.29, 0.717) is 24.2 Å². The Balaban J connectivity index is 2.17. The first-order valence-electron chi connectivity index (χ1n) is 7.58. The molecule has 0 spiro atoms. The number of rotatable bonds is 6. The molecule has 4 nitrogen and oxygen atoms in total. The maximum Gasteiger partial charge on any atom is 0.254 e. The molecule has 0 aromatic heterocycles. The van der Waals surface area contributed by atoms with E-state index < -0.39 is 0 Å². The maximum absolute atomic E-state index is 12.8. The Kier molecular flexibility index (Phi) is 5.90. The summed E-state index contributed by atoms with van der Waals surface area (Å²) in [5.74, 6) is -0.0137. The highest BCUT2D eigenvalue weighted by atomic mass is 16.2. The minimum atomic E-state index is -0.0137. The Morgan fingerprint density at radius 1 is 1.00 bits per heavy atom. The summed E-state index contributed by atoms with van der Waals surface area (Å²) in [5, 5.41) is 8.87. The summed E-state index contributed by atoms with van der Waals surface area (Å²) in [6.07, 6.45) is 0. The molecular formula is C19H21N3O. The third-order valence-electron chi connectivity index (χ3n) is 3.58. The molecule has 2 aromatic carbocycles. The van der Waals surface area contributed by atoms with Crippen LogP contribution in [0.3, 0.4) is 0 Å². The highest BCUT2D eigenvalue weighted by Gasteiger charge is 2.16. The summed E-state index contributed by atoms with van der Waals surface area (Å²) >= 11 is 0. The monoisotopic (exact) mass is 307 g/mol. The zero-order valence-corrected chi connectivity index (χ0v) is 13.6. The number of amides is 1. The molecule has 2 rings (SSSR count). The molecule has 0 atom stereocenters. The van der Waals surface area contributed by atoms with Crippen molar-refractivity contribution in [1.29, 1.82) is 5.26 Å². The van der Waals surface area contributed by atoms with Crippen LogP contribution in [0.4, 0.5) is 0 Å². The van der Waals surface area contributed by atoms with Gasteiger partial charge in [0.05, 0.1) is 11.6 Å². The molecule has 0 unspecified atom stereocenters. The quantitative estimate of drug-likeness (QED) is 0.824. The number of likely N-dealkylation sites (N-methyl/N-ethyl adjacent to an activating group) is 1. The van der Waals surface area contributed by atoms with Crippen LogP contribution in [-0.2, 0) is 6.54 Å². The first-order chi connectivity index (χ1) is 11.1. The summed E-state index contributed by atoms with van der Waals surface area (Å²) in [5.41, 5.74) is 2.27. The normalized spacial score (nSPS) is 10.3. The van der Waals surface area contributed by atoms with Gasteiger partial charge in [0, 0.05) is 25.2 Å². The second-order valence-electron chi connectivity index (χ2n) is 5.70. The van der Waals surface area contributed by atoms with Crippen LogP contribution in [-0.4, -0.2) is 42.9 Å². The zero-order chi connectivity index (χ0) is 16.7. The number of hydrogen-bond donors (Lipinski definition) is 0. The van der Waals surface area contributed by atoms with E-state index >= 15 is 0 Å². The summed E-state index contributed by atoms with van der Waals surface area (Å²) in [7, 11) is 3.99. The fourth-order valence-corrected chi connectivity index (χ4v) is 2.25. The third-order valence-corrected chi connectivity index (χ3v) is 3.58. The van der Waals surface area contributed by atoms with E-state index in [2.05, 4.69) is 11.0 Å². The molecule has 0 aliphatic rings. The lowest BCUT2D eigenvalue weighted by atomic mass is 10.1. The number of benzene rings is 2. The molecule has 0 saturated carbocycles. The lowest BCUT2D eigenvalue weighted by Gasteiger charge is -2.24. The highest BCUT2D eigenvalue weighted by Crippen LogP contribution is 2.11. The summed E-state index contributed by atoms with van der Waals surface area (Å²) in [4.78, 5) is 16.7. The van der Waals surface area contributed by atoms with Gasteiger partial charge in [0.15, 0.2) is 0 Å². The van der Waals surface area contributed by atoms with Crippen LogP contribution in [0.25, 0.3) is 0 Å². The van der Waals surface area contributed by atoms with Crippen molar-refractivity contribution in [3.8, 4) is 6.07 Å². The van der Waals surface area contributed by atoms with Crippen molar-refractivity contribution in [1.82, 2.24) is 9.80 Å². The molecule has 0 radical (unpaired) electrons. The van der Waals surface area contributed by atoms with E-state index in [1.807, 2.05) is 49.3 Å². The Hall–Kier alpha value is -2.64. The van der Waals surface area contributed by atoms with Crippen LogP contribution in [0.15, 0.2) is 54.6 Å². The third kappa shape index (κ3) is 4.94. The molecule has 23 heavy (non-hydrogen) atoms. The van der Waals surface area contributed by atoms with Gasteiger partial charge in [-0.1, -0.05) is 30.3 Å². The Labute approximate surface area is 137 Å². The van der Waals surface area contributed by atoms with E-state index in [4.69, 9.17) is 5.26 Å². The van der Waals surface area contributed by atoms with Gasteiger partial charge in [-0.05, 0) is 43.9 Å². The standard InChI is InChI=1S/C19H21N3O/c1-21(2)12-13-22(15-17-6-4-3-5-7-17)19(23)18-10-8-16(14-20)9-11-18/h3-11H,12-13,15H2,1-2H3. The fraction of sp³-hybridized carbons (Fsp3) is 0.263. The molecule has 0 heterocycles. The summed E-state index contributed by atoms with van der Waals surface area (Å²) in [6, 6.07) is 18.8. The van der Waals surface area contributed by atoms with Crippen molar-refractivity contribution in [3.63, 3.8) is 0 Å². The largest absolute Gasteiger partial charge is 0.333 e. The Bertz CT molecular complexity index is 672. The second-order valence-corrected chi connectivity index (χ2v) is 5.70. The van der Waals surface area contributed by atoms with Crippen LogP contribution >= 0.6 is 0 Å². The molecule has 4 heteroatoms. The first kappa shape index (κ1) is 16.7. The minimum absolute atomic E-state index is 0.0137. The number of nitrogens with zero attached hydrogens (tertiary/aromatic N) is 3. The van der Waals surface area contributed by atoms with Gasteiger partial charge in [0.2, 0.25) is 0 Å². The lowest BCUT2D eigenvalue weighted by molar-refractivity contribution is 0.0732. The lowest BCUT2D eigenvalue weighted by Crippen LogP contribution is -2.36. The highest BCUT2D eigenvalue weighted by molar-refractivity contribution is 5.94. The number of carbonyl (C=O) groups is 1. The number of carbonyl (C=O) groups excluding carboxylic acids is 1. The molecule has 0 bridgehead atoms. The molecular weight excluding hydrogens is 286 g/mol. The smallest absolute Gasteiger partial charge is 0.254 e. The molecule has 0 aliphatic heterocycles. The van der Waals surface area contributed by atoms with Crippen molar-refractivity contribution in [2.75, 3.05) is 27.2 Å². The van der Waals surface area contributed by atoms with Gasteiger partial charge in [-0.25, -0.2) is 0 Å². The van der Waals surface area contributed by atoms with Gasteiger partial charge in [-0.15, -0.1) is 0 Å². The van der Waals surface area contributed by atoms with Crippen LogP contribution < -0.4 is 0 Å². The van der Waals surface area contributed by atoms with Crippen molar-refractivity contribution in [2.24, 2.45) is 0 Å². The average molecular weight is 307 g/mol. The first-order valence-corrected chi connectivity index (χ1v) is 7.58. The van der Waals surface area contributed by atoms with Crippen molar-refractivity contribution >= 4 is 5.91 Å². The van der Waals surface area contributed by atoms with E-state index in [1.54, 1.807) is 24.3 Å². The van der Waals surface area contributed by atoms with Gasteiger partial charge >= 0.3 is 0 Å². The topological polar surface area (TPSA) is 47.3 Å². The summed E-state index contributed by atoms with van der Waals surface area (Å²) < 4.78 is 0. The SMILES string of the molecule is CN(C)CCN(Cc1ccccc1)C(=O)c1ccc(C#N)cc1. The molecule has 0 saturated heterocycles. The van der Waals surface area contributed by atoms with Gasteiger partial charge in [0.1, 0.15) is 0 Å². The minimum Gasteiger partial charge on any atom is -0.333 e. The van der Waals surface area contributed by atoms with Crippen LogP contribution in [0.5, 0.6) is 0 Å². The van der Waals surface area contributed by atoms with E-state index in [0.717, 1.165) is 12.1 Å².